The maximum Gasteiger partial charge on any atom is 0.269 e. The predicted octanol–water partition coefficient (Wildman–Crippen LogP) is 2.09. The molecule has 1 saturated heterocycles. The first-order valence-electron chi connectivity index (χ1n) is 5.69. The van der Waals surface area contributed by atoms with Crippen LogP contribution in [0.5, 0.6) is 0 Å². The third-order valence-corrected chi connectivity index (χ3v) is 4.45. The van der Waals surface area contributed by atoms with Crippen LogP contribution in [0.4, 0.5) is 5.69 Å². The fourth-order valence-electron chi connectivity index (χ4n) is 2.22. The van der Waals surface area contributed by atoms with Crippen LogP contribution in [0.15, 0.2) is 24.3 Å². The third kappa shape index (κ3) is 2.98. The molecule has 1 aliphatic rings. The fourth-order valence-corrected chi connectivity index (χ4v) is 3.70. The van der Waals surface area contributed by atoms with Crippen molar-refractivity contribution in [2.24, 2.45) is 5.92 Å². The van der Waals surface area contributed by atoms with E-state index in [4.69, 9.17) is 0 Å². The molecule has 92 valence electrons. The number of nitrogens with one attached hydrogen (secondary N) is 1. The summed E-state index contributed by atoms with van der Waals surface area (Å²) in [4.78, 5) is 10.4. The number of hydrogen-bond acceptors (Lipinski definition) is 4. The summed E-state index contributed by atoms with van der Waals surface area (Å²) in [6, 6.07) is 7.50. The zero-order valence-electron chi connectivity index (χ0n) is 9.76. The Balaban J connectivity index is 2.07. The Labute approximate surface area is 105 Å². The van der Waals surface area contributed by atoms with Crippen LogP contribution in [-0.2, 0) is 6.42 Å². The third-order valence-electron chi connectivity index (χ3n) is 3.19. The summed E-state index contributed by atoms with van der Waals surface area (Å²) < 4.78 is 0. The molecule has 5 heteroatoms. The summed E-state index contributed by atoms with van der Waals surface area (Å²) in [5.41, 5.74) is 1.25. The highest BCUT2D eigenvalue weighted by Crippen LogP contribution is 2.28. The number of nitro groups is 1. The van der Waals surface area contributed by atoms with Crippen LogP contribution in [-0.4, -0.2) is 29.5 Å². The summed E-state index contributed by atoms with van der Waals surface area (Å²) >= 11 is 1.95. The first kappa shape index (κ1) is 12.4. The number of non-ortho nitro benzene ring substituents is 1. The second kappa shape index (κ2) is 5.51. The molecule has 2 rings (SSSR count). The molecule has 0 bridgehead atoms. The fraction of sp³-hybridized carbons (Fsp3) is 0.500. The zero-order valence-corrected chi connectivity index (χ0v) is 10.6. The molecule has 0 radical (unpaired) electrons. The lowest BCUT2D eigenvalue weighted by Gasteiger charge is -2.17. The highest BCUT2D eigenvalue weighted by Gasteiger charge is 2.26. The Kier molecular flexibility index (Phi) is 4.02. The van der Waals surface area contributed by atoms with E-state index in [2.05, 4.69) is 5.32 Å². The van der Waals surface area contributed by atoms with Gasteiger partial charge < -0.3 is 5.32 Å². The van der Waals surface area contributed by atoms with Gasteiger partial charge in [0.25, 0.3) is 5.69 Å². The maximum absolute atomic E-state index is 10.7. The van der Waals surface area contributed by atoms with E-state index in [-0.39, 0.29) is 10.6 Å². The van der Waals surface area contributed by atoms with Gasteiger partial charge in [0.05, 0.1) is 4.92 Å². The first-order chi connectivity index (χ1) is 8.20. The van der Waals surface area contributed by atoms with Crippen LogP contribution >= 0.6 is 11.8 Å². The largest absolute Gasteiger partial charge is 0.316 e. The van der Waals surface area contributed by atoms with E-state index in [0.29, 0.717) is 12.0 Å². The standard InChI is InChI=1S/C12H16N2O2S/c1-13-12-8-17-7-10(12)5-9-3-2-4-11(6-9)14(15)16/h2-4,6,10,12-13H,5,7-8H2,1H3. The molecule has 17 heavy (non-hydrogen) atoms. The number of thioether (sulfide) groups is 1. The number of benzene rings is 1. The van der Waals surface area contributed by atoms with Crippen molar-refractivity contribution in [1.82, 2.24) is 5.32 Å². The van der Waals surface area contributed by atoms with Crippen molar-refractivity contribution >= 4 is 17.4 Å². The molecule has 0 aromatic heterocycles. The predicted molar refractivity (Wildman–Crippen MR) is 70.5 cm³/mol. The van der Waals surface area contributed by atoms with E-state index in [9.17, 15) is 10.1 Å². The van der Waals surface area contributed by atoms with Crippen molar-refractivity contribution in [1.29, 1.82) is 0 Å². The second-order valence-electron chi connectivity index (χ2n) is 4.32. The Morgan fingerprint density at radius 3 is 3.06 bits per heavy atom. The average molecular weight is 252 g/mol. The topological polar surface area (TPSA) is 55.2 Å². The van der Waals surface area contributed by atoms with Gasteiger partial charge >= 0.3 is 0 Å². The highest BCUT2D eigenvalue weighted by atomic mass is 32.2. The van der Waals surface area contributed by atoms with Crippen LogP contribution in [0, 0.1) is 16.0 Å². The van der Waals surface area contributed by atoms with Gasteiger partial charge in [0.15, 0.2) is 0 Å². The number of nitrogens with zero attached hydrogens (tertiary/aromatic N) is 1. The van der Waals surface area contributed by atoms with Crippen molar-refractivity contribution in [3.05, 3.63) is 39.9 Å². The molecule has 0 amide bonds. The van der Waals surface area contributed by atoms with E-state index in [1.807, 2.05) is 24.9 Å². The second-order valence-corrected chi connectivity index (χ2v) is 5.40. The minimum atomic E-state index is -0.331. The van der Waals surface area contributed by atoms with Gasteiger partial charge in [-0.05, 0) is 30.7 Å². The van der Waals surface area contributed by atoms with Crippen molar-refractivity contribution < 1.29 is 4.92 Å². The normalized spacial score (nSPS) is 23.8. The van der Waals surface area contributed by atoms with E-state index < -0.39 is 0 Å². The lowest BCUT2D eigenvalue weighted by molar-refractivity contribution is -0.384. The van der Waals surface area contributed by atoms with Crippen molar-refractivity contribution in [3.63, 3.8) is 0 Å². The molecule has 2 unspecified atom stereocenters. The van der Waals surface area contributed by atoms with Gasteiger partial charge in [-0.15, -0.1) is 0 Å². The Bertz CT molecular complexity index is 411. The summed E-state index contributed by atoms with van der Waals surface area (Å²) in [5, 5.41) is 14.0. The Morgan fingerprint density at radius 2 is 2.35 bits per heavy atom. The highest BCUT2D eigenvalue weighted by molar-refractivity contribution is 7.99. The van der Waals surface area contributed by atoms with Crippen molar-refractivity contribution in [2.45, 2.75) is 12.5 Å². The molecule has 0 saturated carbocycles. The summed E-state index contributed by atoms with van der Waals surface area (Å²) in [6.45, 7) is 0. The lowest BCUT2D eigenvalue weighted by Crippen LogP contribution is -2.33. The molecule has 1 heterocycles. The molecule has 1 aliphatic heterocycles. The lowest BCUT2D eigenvalue weighted by atomic mass is 9.95. The van der Waals surface area contributed by atoms with Gasteiger partial charge in [0, 0.05) is 23.9 Å². The summed E-state index contributed by atoms with van der Waals surface area (Å²) in [7, 11) is 1.98. The monoisotopic (exact) mass is 252 g/mol. The molecule has 0 spiro atoms. The van der Waals surface area contributed by atoms with Gasteiger partial charge in [-0.2, -0.15) is 11.8 Å². The maximum atomic E-state index is 10.7. The minimum absolute atomic E-state index is 0.189. The molecule has 1 aromatic rings. The molecule has 1 aromatic carbocycles. The zero-order chi connectivity index (χ0) is 12.3. The number of nitro benzene ring substituents is 1. The molecular formula is C12H16N2O2S. The van der Waals surface area contributed by atoms with Crippen LogP contribution in [0.2, 0.25) is 0 Å². The average Bonchev–Trinajstić information content (AvgIpc) is 2.76. The van der Waals surface area contributed by atoms with Crippen LogP contribution in [0.25, 0.3) is 0 Å². The van der Waals surface area contributed by atoms with Crippen LogP contribution in [0.1, 0.15) is 5.56 Å². The van der Waals surface area contributed by atoms with E-state index in [1.54, 1.807) is 18.2 Å². The van der Waals surface area contributed by atoms with Crippen LogP contribution < -0.4 is 5.32 Å². The molecule has 4 nitrogen and oxygen atoms in total. The van der Waals surface area contributed by atoms with Gasteiger partial charge in [0.1, 0.15) is 0 Å². The van der Waals surface area contributed by atoms with Gasteiger partial charge in [0.2, 0.25) is 0 Å². The Hall–Kier alpha value is -1.07. The number of rotatable bonds is 4. The van der Waals surface area contributed by atoms with Gasteiger partial charge in [-0.25, -0.2) is 0 Å². The van der Waals surface area contributed by atoms with Gasteiger partial charge in [-0.3, -0.25) is 10.1 Å². The Morgan fingerprint density at radius 1 is 1.53 bits per heavy atom. The molecular weight excluding hydrogens is 236 g/mol. The number of hydrogen-bond donors (Lipinski definition) is 1. The van der Waals surface area contributed by atoms with Crippen LogP contribution in [0.3, 0.4) is 0 Å². The summed E-state index contributed by atoms with van der Waals surface area (Å²) in [6.07, 6.45) is 0.917. The first-order valence-corrected chi connectivity index (χ1v) is 6.84. The summed E-state index contributed by atoms with van der Waals surface area (Å²) in [5.74, 6) is 2.84. The molecule has 2 atom stereocenters. The smallest absolute Gasteiger partial charge is 0.269 e. The van der Waals surface area contributed by atoms with E-state index in [0.717, 1.165) is 23.5 Å². The van der Waals surface area contributed by atoms with E-state index >= 15 is 0 Å². The molecule has 0 aliphatic carbocycles. The SMILES string of the molecule is CNC1CSCC1Cc1cccc([N+](=O)[O-])c1. The molecule has 1 fully saturated rings. The van der Waals surface area contributed by atoms with Gasteiger partial charge in [-0.1, -0.05) is 12.1 Å². The van der Waals surface area contributed by atoms with E-state index in [1.165, 1.54) is 0 Å². The quantitative estimate of drug-likeness (QED) is 0.658. The minimum Gasteiger partial charge on any atom is -0.316 e. The van der Waals surface area contributed by atoms with Crippen molar-refractivity contribution in [2.75, 3.05) is 18.6 Å². The van der Waals surface area contributed by atoms with Crippen molar-refractivity contribution in [3.8, 4) is 0 Å². The molecule has 1 N–H and O–H groups in total.